The summed E-state index contributed by atoms with van der Waals surface area (Å²) in [6, 6.07) is 2.68. The van der Waals surface area contributed by atoms with Crippen LogP contribution >= 0.6 is 0 Å². The quantitative estimate of drug-likeness (QED) is 0.279. The topological polar surface area (TPSA) is 121 Å². The van der Waals surface area contributed by atoms with E-state index in [2.05, 4.69) is 9.98 Å². The fourth-order valence-corrected chi connectivity index (χ4v) is 1.14. The van der Waals surface area contributed by atoms with Crippen LogP contribution in [0.25, 0.3) is 0 Å². The van der Waals surface area contributed by atoms with Crippen molar-refractivity contribution in [1.82, 2.24) is 4.98 Å². The van der Waals surface area contributed by atoms with E-state index in [-0.39, 0.29) is 23.7 Å². The highest BCUT2D eigenvalue weighted by Gasteiger charge is 2.13. The van der Waals surface area contributed by atoms with Crippen molar-refractivity contribution in [3.8, 4) is 0 Å². The van der Waals surface area contributed by atoms with Gasteiger partial charge < -0.3 is 10.5 Å². The number of nitrogens with two attached hydrogens (primary N) is 1. The third-order valence-electron chi connectivity index (χ3n) is 1.98. The molecule has 19 heavy (non-hydrogen) atoms. The summed E-state index contributed by atoms with van der Waals surface area (Å²) in [7, 11) is 0. The monoisotopic (exact) mass is 264 g/mol. The number of carbonyl (C=O) groups is 1. The van der Waals surface area contributed by atoms with Crippen LogP contribution in [0.1, 0.15) is 6.92 Å². The van der Waals surface area contributed by atoms with Gasteiger partial charge in [-0.05, 0) is 13.0 Å². The van der Waals surface area contributed by atoms with Crippen LogP contribution in [0.2, 0.25) is 0 Å². The molecule has 1 rings (SSSR count). The first-order valence-corrected chi connectivity index (χ1v) is 5.32. The summed E-state index contributed by atoms with van der Waals surface area (Å²) in [6.45, 7) is 1.83. The zero-order valence-corrected chi connectivity index (χ0v) is 10.1. The lowest BCUT2D eigenvalue weighted by Crippen LogP contribution is -2.10. The normalized spacial score (nSPS) is 11.5. The molecule has 100 valence electrons. The van der Waals surface area contributed by atoms with E-state index in [1.807, 2.05) is 0 Å². The highest BCUT2D eigenvalue weighted by molar-refractivity contribution is 6.09. The van der Waals surface area contributed by atoms with E-state index in [9.17, 15) is 14.9 Å². The molecular weight excluding hydrogens is 252 g/mol. The van der Waals surface area contributed by atoms with Crippen molar-refractivity contribution in [3.05, 3.63) is 40.2 Å². The predicted octanol–water partition coefficient (Wildman–Crippen LogP) is 1.10. The van der Waals surface area contributed by atoms with E-state index in [4.69, 9.17) is 10.5 Å². The van der Waals surface area contributed by atoms with Crippen molar-refractivity contribution in [2.75, 3.05) is 6.61 Å². The lowest BCUT2D eigenvalue weighted by molar-refractivity contribution is -0.384. The Bertz CT molecular complexity index is 539. The standard InChI is InChI=1S/C11H12N4O4/c1-2-19-11(16)8(6-12)7-14-10-9(15(17)18)4-3-5-13-10/h3-7H,2,12H2,1H3/b8-6+,14-7+. The molecule has 8 heteroatoms. The molecular formula is C11H12N4O4. The van der Waals surface area contributed by atoms with Gasteiger partial charge in [0.1, 0.15) is 0 Å². The van der Waals surface area contributed by atoms with Gasteiger partial charge in [0.2, 0.25) is 5.82 Å². The Morgan fingerprint density at radius 1 is 1.68 bits per heavy atom. The zero-order chi connectivity index (χ0) is 14.3. The Labute approximate surface area is 108 Å². The average molecular weight is 264 g/mol. The summed E-state index contributed by atoms with van der Waals surface area (Å²) in [5.74, 6) is -0.775. The molecule has 0 fully saturated rings. The smallest absolute Gasteiger partial charge is 0.341 e. The molecule has 0 aliphatic heterocycles. The van der Waals surface area contributed by atoms with Crippen molar-refractivity contribution in [2.24, 2.45) is 10.7 Å². The highest BCUT2D eigenvalue weighted by Crippen LogP contribution is 2.23. The van der Waals surface area contributed by atoms with E-state index in [0.29, 0.717) is 0 Å². The molecule has 0 atom stereocenters. The first kappa shape index (κ1) is 14.3. The minimum absolute atomic E-state index is 0.0122. The molecule has 8 nitrogen and oxygen atoms in total. The Hall–Kier alpha value is -2.77. The second-order valence-electron chi connectivity index (χ2n) is 3.20. The first-order valence-electron chi connectivity index (χ1n) is 5.32. The number of aliphatic imine (C=N–C) groups is 1. The highest BCUT2D eigenvalue weighted by atomic mass is 16.6. The second-order valence-corrected chi connectivity index (χ2v) is 3.20. The van der Waals surface area contributed by atoms with Crippen molar-refractivity contribution < 1.29 is 14.5 Å². The Morgan fingerprint density at radius 3 is 3.00 bits per heavy atom. The summed E-state index contributed by atoms with van der Waals surface area (Å²) in [6.07, 6.45) is 3.44. The molecule has 0 saturated carbocycles. The van der Waals surface area contributed by atoms with E-state index in [1.54, 1.807) is 6.92 Å². The van der Waals surface area contributed by atoms with Crippen LogP contribution in [0.4, 0.5) is 11.5 Å². The largest absolute Gasteiger partial charge is 0.462 e. The van der Waals surface area contributed by atoms with E-state index >= 15 is 0 Å². The minimum atomic E-state index is -0.660. The van der Waals surface area contributed by atoms with Gasteiger partial charge in [0.05, 0.1) is 17.1 Å². The molecule has 0 bridgehead atoms. The number of nitro groups is 1. The fourth-order valence-electron chi connectivity index (χ4n) is 1.14. The van der Waals surface area contributed by atoms with Crippen molar-refractivity contribution in [2.45, 2.75) is 6.92 Å². The van der Waals surface area contributed by atoms with Crippen LogP contribution in [-0.4, -0.2) is 28.7 Å². The second kappa shape index (κ2) is 6.84. The molecule has 0 aromatic carbocycles. The number of ether oxygens (including phenoxy) is 1. The third kappa shape index (κ3) is 3.87. The molecule has 0 unspecified atom stereocenters. The van der Waals surface area contributed by atoms with Gasteiger partial charge >= 0.3 is 11.7 Å². The Balaban J connectivity index is 2.98. The lowest BCUT2D eigenvalue weighted by Gasteiger charge is -2.00. The van der Waals surface area contributed by atoms with E-state index in [0.717, 1.165) is 12.4 Å². The number of aromatic nitrogens is 1. The summed E-state index contributed by atoms with van der Waals surface area (Å²) >= 11 is 0. The van der Waals surface area contributed by atoms with Gasteiger partial charge in [-0.3, -0.25) is 10.1 Å². The van der Waals surface area contributed by atoms with Crippen molar-refractivity contribution in [1.29, 1.82) is 0 Å². The van der Waals surface area contributed by atoms with Crippen LogP contribution in [0, 0.1) is 10.1 Å². The van der Waals surface area contributed by atoms with Gasteiger partial charge in [0.25, 0.3) is 0 Å². The van der Waals surface area contributed by atoms with Crippen molar-refractivity contribution >= 4 is 23.7 Å². The maximum absolute atomic E-state index is 11.4. The maximum atomic E-state index is 11.4. The average Bonchev–Trinajstić information content (AvgIpc) is 2.40. The zero-order valence-electron chi connectivity index (χ0n) is 10.1. The summed E-state index contributed by atoms with van der Waals surface area (Å²) < 4.78 is 4.73. The van der Waals surface area contributed by atoms with Crippen LogP contribution in [-0.2, 0) is 9.53 Å². The molecule has 0 aliphatic carbocycles. The molecule has 2 N–H and O–H groups in total. The summed E-state index contributed by atoms with van der Waals surface area (Å²) in [4.78, 5) is 29.0. The van der Waals surface area contributed by atoms with E-state index < -0.39 is 10.9 Å². The number of hydrogen-bond donors (Lipinski definition) is 1. The van der Waals surface area contributed by atoms with Gasteiger partial charge in [-0.15, -0.1) is 0 Å². The maximum Gasteiger partial charge on any atom is 0.341 e. The number of rotatable bonds is 5. The van der Waals surface area contributed by atoms with Crippen LogP contribution in [0.15, 0.2) is 35.1 Å². The molecule has 0 saturated heterocycles. The Morgan fingerprint density at radius 2 is 2.42 bits per heavy atom. The predicted molar refractivity (Wildman–Crippen MR) is 67.9 cm³/mol. The van der Waals surface area contributed by atoms with Gasteiger partial charge in [-0.25, -0.2) is 14.8 Å². The van der Waals surface area contributed by atoms with Crippen LogP contribution < -0.4 is 5.73 Å². The van der Waals surface area contributed by atoms with Crippen molar-refractivity contribution in [3.63, 3.8) is 0 Å². The molecule has 0 radical (unpaired) electrons. The number of esters is 1. The molecule has 1 aromatic heterocycles. The number of hydrogen-bond acceptors (Lipinski definition) is 7. The van der Waals surface area contributed by atoms with Gasteiger partial charge in [0, 0.05) is 24.7 Å². The number of pyridine rings is 1. The lowest BCUT2D eigenvalue weighted by atomic mass is 10.3. The molecule has 0 amide bonds. The third-order valence-corrected chi connectivity index (χ3v) is 1.98. The SMILES string of the molecule is CCOC(=O)C(/C=N/c1ncccc1[N+](=O)[O-])=C/N. The molecule has 1 heterocycles. The molecule has 0 spiro atoms. The summed E-state index contributed by atoms with van der Waals surface area (Å²) in [5, 5.41) is 10.7. The van der Waals surface area contributed by atoms with Crippen LogP contribution in [0.5, 0.6) is 0 Å². The number of nitrogens with zero attached hydrogens (tertiary/aromatic N) is 3. The first-order chi connectivity index (χ1) is 9.10. The van der Waals surface area contributed by atoms with E-state index in [1.165, 1.54) is 18.3 Å². The summed E-state index contributed by atoms with van der Waals surface area (Å²) in [5.41, 5.74) is 4.98. The minimum Gasteiger partial charge on any atom is -0.462 e. The molecule has 0 aliphatic rings. The van der Waals surface area contributed by atoms with Gasteiger partial charge in [-0.2, -0.15) is 0 Å². The van der Waals surface area contributed by atoms with Gasteiger partial charge in [-0.1, -0.05) is 0 Å². The molecule has 1 aromatic rings. The van der Waals surface area contributed by atoms with Gasteiger partial charge in [0.15, 0.2) is 0 Å². The Kier molecular flexibility index (Phi) is 5.15. The van der Waals surface area contributed by atoms with Crippen LogP contribution in [0.3, 0.4) is 0 Å². The fraction of sp³-hybridized carbons (Fsp3) is 0.182. The number of carbonyl (C=O) groups excluding carboxylic acids is 1.